The molecule has 0 atom stereocenters. The zero-order chi connectivity index (χ0) is 9.40. The van der Waals surface area contributed by atoms with Crippen LogP contribution < -0.4 is 0 Å². The van der Waals surface area contributed by atoms with Crippen molar-refractivity contribution >= 4 is 46.4 Å². The summed E-state index contributed by atoms with van der Waals surface area (Å²) in [5.41, 5.74) is 0. The molecule has 0 unspecified atom stereocenters. The number of alkyl halides is 4. The summed E-state index contributed by atoms with van der Waals surface area (Å²) < 4.78 is 0. The summed E-state index contributed by atoms with van der Waals surface area (Å²) in [5, 5.41) is 0. The van der Waals surface area contributed by atoms with Gasteiger partial charge in [-0.3, -0.25) is 4.98 Å². The molecule has 1 heterocycles. The molecule has 0 radical (unpaired) electrons. The van der Waals surface area contributed by atoms with E-state index < -0.39 is 9.67 Å². The fraction of sp³-hybridized carbons (Fsp3) is 0.286. The Hall–Kier alpha value is 0.310. The van der Waals surface area contributed by atoms with E-state index in [-0.39, 0.29) is 0 Å². The zero-order valence-corrected chi connectivity index (χ0v) is 9.02. The van der Waals surface area contributed by atoms with Gasteiger partial charge < -0.3 is 0 Å². The van der Waals surface area contributed by atoms with E-state index in [1.54, 1.807) is 12.4 Å². The van der Waals surface area contributed by atoms with Gasteiger partial charge in [-0.25, -0.2) is 0 Å². The summed E-state index contributed by atoms with van der Waals surface area (Å²) >= 11 is 20.5. The summed E-state index contributed by atoms with van der Waals surface area (Å²) in [6.45, 7) is 0. The van der Waals surface area contributed by atoms with Crippen molar-refractivity contribution in [3.05, 3.63) is 30.6 Å². The predicted molar refractivity (Wildman–Crippen MR) is 55.2 cm³/mol. The Labute approximate surface area is 91.6 Å². The highest BCUT2D eigenvalue weighted by Crippen LogP contribution is 2.16. The van der Waals surface area contributed by atoms with Crippen molar-refractivity contribution < 1.29 is 0 Å². The summed E-state index contributed by atoms with van der Waals surface area (Å²) in [6.07, 6.45) is 3.50. The van der Waals surface area contributed by atoms with Crippen LogP contribution in [0.25, 0.3) is 0 Å². The van der Waals surface area contributed by atoms with E-state index in [4.69, 9.17) is 46.4 Å². The smallest absolute Gasteiger partial charge is 0.137 e. The van der Waals surface area contributed by atoms with E-state index in [2.05, 4.69) is 4.98 Å². The molecule has 0 aromatic carbocycles. The van der Waals surface area contributed by atoms with Crippen LogP contribution in [0.3, 0.4) is 0 Å². The van der Waals surface area contributed by atoms with Crippen LogP contribution in [-0.4, -0.2) is 14.7 Å². The topological polar surface area (TPSA) is 12.9 Å². The standard InChI is InChI=1S/C5H5N.C2H2Cl4/c1-2-4-6-5-3-1;3-1(4)2(5)6/h1-5H;1-2H. The molecule has 0 amide bonds. The van der Waals surface area contributed by atoms with Crippen molar-refractivity contribution in [2.45, 2.75) is 9.67 Å². The normalized spacial score (nSPS) is 9.50. The van der Waals surface area contributed by atoms with E-state index in [1.165, 1.54) is 0 Å². The van der Waals surface area contributed by atoms with Crippen molar-refractivity contribution in [2.75, 3.05) is 0 Å². The highest BCUT2D eigenvalue weighted by molar-refractivity contribution is 6.56. The Bertz CT molecular complexity index is 145. The first-order valence-electron chi connectivity index (χ1n) is 3.06. The maximum atomic E-state index is 5.11. The molecule has 0 fully saturated rings. The third kappa shape index (κ3) is 8.41. The molecule has 1 aromatic heterocycles. The number of rotatable bonds is 1. The molecule has 1 nitrogen and oxygen atoms in total. The number of nitrogens with zero attached hydrogens (tertiary/aromatic N) is 1. The molecular weight excluding hydrogens is 240 g/mol. The lowest BCUT2D eigenvalue weighted by Crippen LogP contribution is -1.96. The van der Waals surface area contributed by atoms with Crippen molar-refractivity contribution in [1.29, 1.82) is 0 Å². The van der Waals surface area contributed by atoms with Crippen molar-refractivity contribution in [3.63, 3.8) is 0 Å². The van der Waals surface area contributed by atoms with Gasteiger partial charge in [0.15, 0.2) is 0 Å². The van der Waals surface area contributed by atoms with E-state index in [0.29, 0.717) is 0 Å². The molecule has 0 aliphatic carbocycles. The summed E-state index contributed by atoms with van der Waals surface area (Å²) in [4.78, 5) is 2.44. The quantitative estimate of drug-likeness (QED) is 0.689. The number of hydrogen-bond acceptors (Lipinski definition) is 1. The zero-order valence-electron chi connectivity index (χ0n) is 6.00. The minimum absolute atomic E-state index is 0.673. The summed E-state index contributed by atoms with van der Waals surface area (Å²) in [7, 11) is 0. The Morgan fingerprint density at radius 2 is 1.17 bits per heavy atom. The van der Waals surface area contributed by atoms with Gasteiger partial charge in [0.25, 0.3) is 0 Å². The molecule has 5 heteroatoms. The van der Waals surface area contributed by atoms with Gasteiger partial charge in [0.1, 0.15) is 9.67 Å². The second-order valence-corrected chi connectivity index (χ2v) is 4.02. The third-order valence-corrected chi connectivity index (χ3v) is 2.28. The minimum atomic E-state index is -0.673. The maximum Gasteiger partial charge on any atom is 0.137 e. The van der Waals surface area contributed by atoms with Gasteiger partial charge in [0.05, 0.1) is 0 Å². The van der Waals surface area contributed by atoms with Crippen LogP contribution in [-0.2, 0) is 0 Å². The van der Waals surface area contributed by atoms with Crippen LogP contribution in [0.1, 0.15) is 0 Å². The molecule has 0 aliphatic heterocycles. The minimum Gasteiger partial charge on any atom is -0.265 e. The Kier molecular flexibility index (Phi) is 8.14. The van der Waals surface area contributed by atoms with Crippen LogP contribution >= 0.6 is 46.4 Å². The SMILES string of the molecule is ClC(Cl)C(Cl)Cl.c1ccncc1. The van der Waals surface area contributed by atoms with Gasteiger partial charge in [-0.05, 0) is 12.1 Å². The molecule has 68 valence electrons. The van der Waals surface area contributed by atoms with E-state index in [9.17, 15) is 0 Å². The van der Waals surface area contributed by atoms with Crippen LogP contribution in [0.2, 0.25) is 0 Å². The summed E-state index contributed by atoms with van der Waals surface area (Å²) in [5.74, 6) is 0. The van der Waals surface area contributed by atoms with Crippen molar-refractivity contribution in [2.24, 2.45) is 0 Å². The van der Waals surface area contributed by atoms with Crippen LogP contribution in [0.4, 0.5) is 0 Å². The summed E-state index contributed by atoms with van der Waals surface area (Å²) in [6, 6.07) is 5.72. The van der Waals surface area contributed by atoms with E-state index >= 15 is 0 Å². The number of hydrogen-bond donors (Lipinski definition) is 0. The molecule has 1 rings (SSSR count). The fourth-order valence-electron chi connectivity index (χ4n) is 0.313. The fourth-order valence-corrected chi connectivity index (χ4v) is 0.313. The van der Waals surface area contributed by atoms with Crippen molar-refractivity contribution in [1.82, 2.24) is 4.98 Å². The third-order valence-electron chi connectivity index (χ3n) is 0.757. The van der Waals surface area contributed by atoms with Crippen LogP contribution in [0.15, 0.2) is 30.6 Å². The van der Waals surface area contributed by atoms with Gasteiger partial charge in [0.2, 0.25) is 0 Å². The monoisotopic (exact) mass is 245 g/mol. The number of halogens is 4. The highest BCUT2D eigenvalue weighted by atomic mass is 35.5. The molecule has 0 aliphatic rings. The van der Waals surface area contributed by atoms with Gasteiger partial charge in [-0.2, -0.15) is 0 Å². The van der Waals surface area contributed by atoms with Gasteiger partial charge in [0, 0.05) is 12.4 Å². The lowest BCUT2D eigenvalue weighted by atomic mass is 10.5. The lowest BCUT2D eigenvalue weighted by Gasteiger charge is -1.95. The molecule has 0 N–H and O–H groups in total. The predicted octanol–water partition coefficient (Wildman–Crippen LogP) is 3.68. The molecule has 12 heavy (non-hydrogen) atoms. The lowest BCUT2D eigenvalue weighted by molar-refractivity contribution is 1.29. The van der Waals surface area contributed by atoms with E-state index in [0.717, 1.165) is 0 Å². The van der Waals surface area contributed by atoms with Gasteiger partial charge >= 0.3 is 0 Å². The first kappa shape index (κ1) is 12.3. The Morgan fingerprint density at radius 1 is 0.750 bits per heavy atom. The van der Waals surface area contributed by atoms with E-state index in [1.807, 2.05) is 18.2 Å². The second kappa shape index (κ2) is 7.93. The van der Waals surface area contributed by atoms with Crippen molar-refractivity contribution in [3.8, 4) is 0 Å². The molecule has 0 spiro atoms. The Balaban J connectivity index is 0.000000202. The average molecular weight is 247 g/mol. The average Bonchev–Trinajstić information content (AvgIpc) is 2.08. The van der Waals surface area contributed by atoms with Crippen LogP contribution in [0, 0.1) is 0 Å². The first-order chi connectivity index (χ1) is 5.64. The number of pyridine rings is 1. The Morgan fingerprint density at radius 3 is 1.25 bits per heavy atom. The first-order valence-corrected chi connectivity index (χ1v) is 4.80. The highest BCUT2D eigenvalue weighted by Gasteiger charge is 2.06. The molecule has 0 saturated heterocycles. The second-order valence-electron chi connectivity index (χ2n) is 1.69. The van der Waals surface area contributed by atoms with Crippen LogP contribution in [0.5, 0.6) is 0 Å². The molecule has 0 bridgehead atoms. The largest absolute Gasteiger partial charge is 0.265 e. The molecule has 0 saturated carbocycles. The van der Waals surface area contributed by atoms with Gasteiger partial charge in [-0.1, -0.05) is 6.07 Å². The maximum absolute atomic E-state index is 5.11. The molecule has 1 aromatic rings. The van der Waals surface area contributed by atoms with Gasteiger partial charge in [-0.15, -0.1) is 46.4 Å². The molecular formula is C7H7Cl4N. The number of aromatic nitrogens is 1.